The Hall–Kier alpha value is 0.821. The van der Waals surface area contributed by atoms with Gasteiger partial charge in [0.1, 0.15) is 0 Å². The quantitative estimate of drug-likeness (QED) is 0.502. The van der Waals surface area contributed by atoms with Crippen LogP contribution in [0.1, 0.15) is 49.0 Å². The fourth-order valence-corrected chi connectivity index (χ4v) is 0. The van der Waals surface area contributed by atoms with Crippen LogP contribution in [0.15, 0.2) is 0 Å². The van der Waals surface area contributed by atoms with Crippen LogP contribution in [-0.2, 0) is 9.59 Å². The van der Waals surface area contributed by atoms with Gasteiger partial charge in [0.2, 0.25) is 0 Å². The number of hydrogen-bond donors (Lipinski definition) is 0. The smallest absolute Gasteiger partial charge is 0.541 e. The molecular weight excluding hydrogens is 252 g/mol. The van der Waals surface area contributed by atoms with Gasteiger partial charge in [0.25, 0.3) is 0 Å². The van der Waals surface area contributed by atoms with Crippen LogP contribution in [0, 0.1) is 10.8 Å². The van der Waals surface area contributed by atoms with E-state index in [0.29, 0.717) is 0 Å². The Morgan fingerprint density at radius 3 is 0.786 bits per heavy atom. The van der Waals surface area contributed by atoms with Crippen molar-refractivity contribution >= 4 is 58.1 Å². The van der Waals surface area contributed by atoms with Gasteiger partial charge in [-0.3, -0.25) is 12.6 Å². The van der Waals surface area contributed by atoms with Crippen LogP contribution < -0.4 is 0 Å². The number of rotatable bonds is 0. The Labute approximate surface area is 126 Å². The molecule has 2 nitrogen and oxygen atoms in total. The Bertz CT molecular complexity index is 122. The van der Waals surface area contributed by atoms with Crippen molar-refractivity contribution in [3.05, 3.63) is 0 Å². The zero-order valence-electron chi connectivity index (χ0n) is 9.52. The van der Waals surface area contributed by atoms with Crippen molar-refractivity contribution in [3.63, 3.8) is 0 Å². The Kier molecular flexibility index (Phi) is 17.9. The summed E-state index contributed by atoms with van der Waals surface area (Å²) in [6.45, 7) is 10.9. The predicted octanol–water partition coefficient (Wildman–Crippen LogP) is 2.54. The summed E-state index contributed by atoms with van der Waals surface area (Å²) in [5.74, 6) is 0. The topological polar surface area (TPSA) is 34.1 Å². The minimum Gasteiger partial charge on any atom is -0.541 e. The van der Waals surface area contributed by atoms with Crippen molar-refractivity contribution in [3.8, 4) is 0 Å². The van der Waals surface area contributed by atoms with Crippen LogP contribution in [0.2, 0.25) is 0 Å². The van der Waals surface area contributed by atoms with Gasteiger partial charge in [-0.2, -0.15) is 0 Å². The van der Waals surface area contributed by atoms with Gasteiger partial charge in [-0.05, 0) is 0 Å². The zero-order valence-corrected chi connectivity index (χ0v) is 13.0. The molecule has 0 atom stereocenters. The first-order valence-electron chi connectivity index (χ1n) is 3.91. The summed E-state index contributed by atoms with van der Waals surface area (Å²) in [4.78, 5) is 19.4. The average molecular weight is 274 g/mol. The normalized spacial score (nSPS) is 9.57. The van der Waals surface area contributed by atoms with Crippen molar-refractivity contribution < 1.29 is 9.59 Å². The average Bonchev–Trinajstić information content (AvgIpc) is 1.86. The molecule has 0 aromatic rings. The maximum Gasteiger partial charge on any atom is 2.00 e. The van der Waals surface area contributed by atoms with E-state index in [-0.39, 0.29) is 63.7 Å². The van der Waals surface area contributed by atoms with Crippen molar-refractivity contribution in [2.75, 3.05) is 0 Å². The van der Waals surface area contributed by atoms with Gasteiger partial charge in [0, 0.05) is 0 Å². The summed E-state index contributed by atoms with van der Waals surface area (Å²) in [5.41, 5.74) is -0.528. The standard InChI is InChI=1S/2C5H9O.CH4.Sr/c2*1-5(2,3)4-6;;/h2*1-3H3;1H4;/q2*-1;;+2. The molecule has 14 heavy (non-hydrogen) atoms. The summed E-state index contributed by atoms with van der Waals surface area (Å²) < 4.78 is 0. The molecule has 0 aromatic carbocycles. The van der Waals surface area contributed by atoms with Gasteiger partial charge in [-0.1, -0.05) is 49.0 Å². The molecule has 0 rings (SSSR count). The summed E-state index contributed by atoms with van der Waals surface area (Å²) in [6, 6.07) is 0. The van der Waals surface area contributed by atoms with Crippen molar-refractivity contribution in [2.24, 2.45) is 10.8 Å². The molecule has 0 unspecified atom stereocenters. The fourth-order valence-electron chi connectivity index (χ4n) is 0. The molecule has 3 heteroatoms. The monoisotopic (exact) mass is 274 g/mol. The number of carbonyl (C=O) groups excluding carboxylic acids is 2. The van der Waals surface area contributed by atoms with Crippen LogP contribution in [0.3, 0.4) is 0 Å². The van der Waals surface area contributed by atoms with Crippen molar-refractivity contribution in [2.45, 2.75) is 49.0 Å². The molecule has 0 aliphatic carbocycles. The molecule has 0 bridgehead atoms. The van der Waals surface area contributed by atoms with Crippen LogP contribution in [0.4, 0.5) is 0 Å². The third kappa shape index (κ3) is 38.5. The molecule has 0 saturated carbocycles. The molecule has 0 fully saturated rings. The number of hydrogen-bond acceptors (Lipinski definition) is 2. The van der Waals surface area contributed by atoms with E-state index in [2.05, 4.69) is 0 Å². The van der Waals surface area contributed by atoms with Crippen LogP contribution in [0.25, 0.3) is 0 Å². The van der Waals surface area contributed by atoms with Gasteiger partial charge >= 0.3 is 45.5 Å². The zero-order chi connectivity index (χ0) is 10.4. The van der Waals surface area contributed by atoms with E-state index in [9.17, 15) is 9.59 Å². The molecule has 0 amide bonds. The minimum atomic E-state index is -0.264. The molecule has 0 radical (unpaired) electrons. The fraction of sp³-hybridized carbons (Fsp3) is 0.818. The molecular formula is C11H22O2Sr. The first kappa shape index (κ1) is 24.2. The summed E-state index contributed by atoms with van der Waals surface area (Å²) >= 11 is 0. The Morgan fingerprint density at radius 2 is 0.786 bits per heavy atom. The van der Waals surface area contributed by atoms with Crippen LogP contribution >= 0.6 is 0 Å². The second kappa shape index (κ2) is 10.3. The first-order chi connectivity index (χ1) is 5.12. The molecule has 0 aromatic heterocycles. The molecule has 0 aliphatic heterocycles. The largest absolute Gasteiger partial charge is 2.00 e. The third-order valence-corrected chi connectivity index (χ3v) is 0.612. The van der Waals surface area contributed by atoms with Gasteiger partial charge in [0.05, 0.1) is 0 Å². The maximum atomic E-state index is 9.70. The first-order valence-corrected chi connectivity index (χ1v) is 3.91. The third-order valence-electron chi connectivity index (χ3n) is 0.612. The summed E-state index contributed by atoms with van der Waals surface area (Å²) in [7, 11) is 0. The molecule has 0 heterocycles. The SMILES string of the molecule is C.CC(C)(C)[C-]=O.CC(C)(C)[C-]=O.[Sr+2]. The van der Waals surface area contributed by atoms with Crippen LogP contribution in [0.5, 0.6) is 0 Å². The van der Waals surface area contributed by atoms with Gasteiger partial charge in [-0.15, -0.1) is 10.8 Å². The molecule has 0 N–H and O–H groups in total. The van der Waals surface area contributed by atoms with Crippen molar-refractivity contribution in [1.82, 2.24) is 0 Å². The van der Waals surface area contributed by atoms with E-state index >= 15 is 0 Å². The Balaban J connectivity index is -0.0000000625. The predicted molar refractivity (Wildman–Crippen MR) is 62.8 cm³/mol. The Morgan fingerprint density at radius 1 is 0.714 bits per heavy atom. The van der Waals surface area contributed by atoms with Gasteiger partial charge in [-0.25, -0.2) is 0 Å². The maximum absolute atomic E-state index is 9.70. The molecule has 0 saturated heterocycles. The van der Waals surface area contributed by atoms with E-state index in [0.717, 1.165) is 0 Å². The van der Waals surface area contributed by atoms with Crippen LogP contribution in [-0.4, -0.2) is 58.1 Å². The van der Waals surface area contributed by atoms with E-state index in [1.165, 1.54) is 0 Å². The minimum absolute atomic E-state index is 0. The second-order valence-electron chi connectivity index (χ2n) is 4.70. The van der Waals surface area contributed by atoms with E-state index in [1.54, 1.807) is 0 Å². The van der Waals surface area contributed by atoms with E-state index in [4.69, 9.17) is 0 Å². The summed E-state index contributed by atoms with van der Waals surface area (Å²) in [6.07, 6.45) is 3.71. The van der Waals surface area contributed by atoms with Gasteiger partial charge in [0.15, 0.2) is 0 Å². The molecule has 0 aliphatic rings. The van der Waals surface area contributed by atoms with E-state index < -0.39 is 0 Å². The molecule has 0 spiro atoms. The van der Waals surface area contributed by atoms with E-state index in [1.807, 2.05) is 54.1 Å². The summed E-state index contributed by atoms with van der Waals surface area (Å²) in [5, 5.41) is 0. The molecule has 80 valence electrons. The second-order valence-corrected chi connectivity index (χ2v) is 4.70. The van der Waals surface area contributed by atoms with Gasteiger partial charge < -0.3 is 9.59 Å². The van der Waals surface area contributed by atoms with Crippen molar-refractivity contribution in [1.29, 1.82) is 0 Å².